The van der Waals surface area contributed by atoms with Gasteiger partial charge in [0.05, 0.1) is 10.9 Å². The molecule has 0 amide bonds. The highest BCUT2D eigenvalue weighted by atomic mass is 15.1. The first kappa shape index (κ1) is 25.9. The zero-order valence-corrected chi connectivity index (χ0v) is 26.1. The lowest BCUT2D eigenvalue weighted by Gasteiger charge is -2.48. The van der Waals surface area contributed by atoms with Crippen LogP contribution in [-0.4, -0.2) is 4.57 Å². The Bertz CT molecular complexity index is 2130. The second kappa shape index (κ2) is 8.99. The van der Waals surface area contributed by atoms with Crippen LogP contribution in [0.4, 0.5) is 17.1 Å². The number of anilines is 3. The van der Waals surface area contributed by atoms with E-state index in [0.29, 0.717) is 5.92 Å². The quantitative estimate of drug-likeness (QED) is 0.209. The molecule has 0 bridgehead atoms. The number of fused-ring (bicyclic) bond motifs is 1. The molecule has 4 aromatic carbocycles. The van der Waals surface area contributed by atoms with Crippen LogP contribution in [0.1, 0.15) is 52.5 Å². The minimum absolute atomic E-state index is 0.0688. The number of para-hydroxylation sites is 2. The van der Waals surface area contributed by atoms with Gasteiger partial charge in [0.25, 0.3) is 0 Å². The summed E-state index contributed by atoms with van der Waals surface area (Å²) in [5.74, 6) is 0.531. The van der Waals surface area contributed by atoms with Crippen molar-refractivity contribution in [1.29, 1.82) is 0 Å². The highest BCUT2D eigenvalue weighted by Crippen LogP contribution is 2.56. The zero-order chi connectivity index (χ0) is 29.8. The zero-order valence-electron chi connectivity index (χ0n) is 26.1. The summed E-state index contributed by atoms with van der Waals surface area (Å²) in [5, 5.41) is 4.39. The maximum Gasteiger partial charge on any atom is 0.0579 e. The van der Waals surface area contributed by atoms with E-state index in [1.54, 1.807) is 11.3 Å². The molecule has 0 saturated carbocycles. The lowest BCUT2D eigenvalue weighted by Crippen LogP contribution is -2.48. The molecule has 2 nitrogen and oxygen atoms in total. The van der Waals surface area contributed by atoms with Crippen molar-refractivity contribution in [3.05, 3.63) is 131 Å². The lowest BCUT2D eigenvalue weighted by molar-refractivity contribution is 0.333. The highest BCUT2D eigenvalue weighted by Gasteiger charge is 2.48. The third-order valence-electron chi connectivity index (χ3n) is 11.1. The van der Waals surface area contributed by atoms with Crippen LogP contribution in [0.3, 0.4) is 0 Å². The number of rotatable bonds is 4. The molecule has 0 spiro atoms. The molecule has 2 aliphatic carbocycles. The van der Waals surface area contributed by atoms with Crippen LogP contribution >= 0.6 is 0 Å². The van der Waals surface area contributed by atoms with E-state index < -0.39 is 0 Å². The maximum absolute atomic E-state index is 2.72. The van der Waals surface area contributed by atoms with Crippen LogP contribution in [0.25, 0.3) is 39.4 Å². The van der Waals surface area contributed by atoms with Gasteiger partial charge < -0.3 is 9.47 Å². The summed E-state index contributed by atoms with van der Waals surface area (Å²) < 4.78 is 2.72. The first-order valence-electron chi connectivity index (χ1n) is 16.2. The van der Waals surface area contributed by atoms with Crippen LogP contribution in [0.5, 0.6) is 0 Å². The molecule has 1 unspecified atom stereocenters. The number of hydrogen-bond acceptors (Lipinski definition) is 1. The van der Waals surface area contributed by atoms with E-state index in [-0.39, 0.29) is 10.8 Å². The summed E-state index contributed by atoms with van der Waals surface area (Å²) in [6.45, 7) is 9.92. The van der Waals surface area contributed by atoms with Crippen LogP contribution in [0, 0.1) is 11.3 Å². The SMILES string of the molecule is CC1(C)C2=C3C(CC=C2)C(C)(C)C2=c4c(c5cc(-c6ccc(N(c7ccccc7)c7ccccc7)cc6)cc1c5n43)=CCC2. The molecule has 2 heteroatoms. The van der Waals surface area contributed by atoms with E-state index in [2.05, 4.69) is 152 Å². The molecule has 0 N–H and O–H groups in total. The minimum atomic E-state index is -0.0688. The molecule has 0 fully saturated rings. The smallest absolute Gasteiger partial charge is 0.0579 e. The molecule has 2 aliphatic heterocycles. The molecule has 44 heavy (non-hydrogen) atoms. The molecule has 0 radical (unpaired) electrons. The molecular weight excluding hydrogens is 532 g/mol. The Morgan fingerprint density at radius 1 is 0.750 bits per heavy atom. The predicted molar refractivity (Wildman–Crippen MR) is 186 cm³/mol. The van der Waals surface area contributed by atoms with E-state index >= 15 is 0 Å². The molecular formula is C42H38N2. The fraction of sp³-hybridized carbons (Fsp3) is 0.238. The van der Waals surface area contributed by atoms with Crippen LogP contribution in [0.2, 0.25) is 0 Å². The number of nitrogens with zero attached hydrogens (tertiary/aromatic N) is 2. The molecule has 4 aliphatic rings. The number of aromatic nitrogens is 1. The van der Waals surface area contributed by atoms with Gasteiger partial charge in [0.1, 0.15) is 0 Å². The van der Waals surface area contributed by atoms with Gasteiger partial charge in [0.2, 0.25) is 0 Å². The van der Waals surface area contributed by atoms with Gasteiger partial charge in [0, 0.05) is 44.7 Å². The highest BCUT2D eigenvalue weighted by molar-refractivity contribution is 5.98. The summed E-state index contributed by atoms with van der Waals surface area (Å²) >= 11 is 0. The molecule has 9 rings (SSSR count). The van der Waals surface area contributed by atoms with Gasteiger partial charge in [-0.2, -0.15) is 0 Å². The van der Waals surface area contributed by atoms with Gasteiger partial charge in [-0.3, -0.25) is 0 Å². The van der Waals surface area contributed by atoms with Crippen molar-refractivity contribution in [3.8, 4) is 11.1 Å². The fourth-order valence-electron chi connectivity index (χ4n) is 8.84. The summed E-state index contributed by atoms with van der Waals surface area (Å²) in [6.07, 6.45) is 10.9. The first-order valence-corrected chi connectivity index (χ1v) is 16.2. The van der Waals surface area contributed by atoms with E-state index in [0.717, 1.165) is 29.9 Å². The third kappa shape index (κ3) is 3.37. The Hall–Kier alpha value is -4.56. The predicted octanol–water partition coefficient (Wildman–Crippen LogP) is 9.62. The monoisotopic (exact) mass is 570 g/mol. The fourth-order valence-corrected chi connectivity index (χ4v) is 8.84. The van der Waals surface area contributed by atoms with Crippen molar-refractivity contribution < 1.29 is 0 Å². The van der Waals surface area contributed by atoms with Crippen molar-refractivity contribution in [2.75, 3.05) is 4.90 Å². The minimum Gasteiger partial charge on any atom is -0.312 e. The van der Waals surface area contributed by atoms with Crippen molar-refractivity contribution in [1.82, 2.24) is 4.57 Å². The van der Waals surface area contributed by atoms with Gasteiger partial charge in [-0.05, 0) is 101 Å². The molecule has 0 saturated heterocycles. The average Bonchev–Trinajstić information content (AvgIpc) is 3.39. The van der Waals surface area contributed by atoms with Crippen molar-refractivity contribution >= 4 is 45.3 Å². The van der Waals surface area contributed by atoms with Crippen LogP contribution in [-0.2, 0) is 5.41 Å². The number of hydrogen-bond donors (Lipinski definition) is 0. The second-order valence-corrected chi connectivity index (χ2v) is 14.1. The molecule has 1 aromatic heterocycles. The van der Waals surface area contributed by atoms with E-state index in [1.807, 2.05) is 0 Å². The summed E-state index contributed by atoms with van der Waals surface area (Å²) in [6, 6.07) is 35.5. The standard InChI is InChI=1S/C42H38N2/c1-41(2)34-18-11-17-32-33-25-28(26-37-39(33)44(38(32)34)40-35(41)19-12-20-36(40)42(37,3)4)27-21-23-31(24-22-27)43(29-13-7-5-8-14-29)30-15-9-6-10-16-30/h5-10,12-17,20-26,35H,11,18-19H2,1-4H3. The Balaban J connectivity index is 1.26. The van der Waals surface area contributed by atoms with Gasteiger partial charge in [-0.25, -0.2) is 0 Å². The molecule has 3 heterocycles. The Kier molecular flexibility index (Phi) is 5.29. The second-order valence-electron chi connectivity index (χ2n) is 14.1. The van der Waals surface area contributed by atoms with Crippen LogP contribution in [0.15, 0.2) is 115 Å². The first-order chi connectivity index (χ1) is 21.4. The van der Waals surface area contributed by atoms with Crippen molar-refractivity contribution in [2.24, 2.45) is 11.3 Å². The normalized spacial score (nSPS) is 20.1. The summed E-state index contributed by atoms with van der Waals surface area (Å²) in [7, 11) is 0. The van der Waals surface area contributed by atoms with E-state index in [4.69, 9.17) is 0 Å². The largest absolute Gasteiger partial charge is 0.312 e. The molecule has 5 aromatic rings. The van der Waals surface area contributed by atoms with Gasteiger partial charge in [-0.15, -0.1) is 0 Å². The van der Waals surface area contributed by atoms with E-state index in [9.17, 15) is 0 Å². The number of benzene rings is 4. The van der Waals surface area contributed by atoms with Crippen LogP contribution < -0.4 is 15.5 Å². The molecule has 216 valence electrons. The van der Waals surface area contributed by atoms with Gasteiger partial charge >= 0.3 is 0 Å². The third-order valence-corrected chi connectivity index (χ3v) is 11.1. The average molecular weight is 571 g/mol. The Labute approximate surface area is 260 Å². The Morgan fingerprint density at radius 3 is 2.09 bits per heavy atom. The van der Waals surface area contributed by atoms with Crippen molar-refractivity contribution in [3.63, 3.8) is 0 Å². The summed E-state index contributed by atoms with van der Waals surface area (Å²) in [4.78, 5) is 2.33. The topological polar surface area (TPSA) is 8.17 Å². The maximum atomic E-state index is 2.72. The lowest BCUT2D eigenvalue weighted by atomic mass is 9.61. The Morgan fingerprint density at radius 2 is 1.41 bits per heavy atom. The molecule has 1 atom stereocenters. The van der Waals surface area contributed by atoms with Gasteiger partial charge in [-0.1, -0.05) is 94.5 Å². The number of allylic oxidation sites excluding steroid dienone is 4. The summed E-state index contributed by atoms with van der Waals surface area (Å²) in [5.41, 5.74) is 13.8. The van der Waals surface area contributed by atoms with Gasteiger partial charge in [0.15, 0.2) is 0 Å². The van der Waals surface area contributed by atoms with Crippen molar-refractivity contribution in [2.45, 2.75) is 52.4 Å². The van der Waals surface area contributed by atoms with E-state index in [1.165, 1.54) is 50.2 Å².